The van der Waals surface area contributed by atoms with E-state index in [4.69, 9.17) is 4.52 Å². The van der Waals surface area contributed by atoms with Gasteiger partial charge in [0.15, 0.2) is 5.82 Å². The van der Waals surface area contributed by atoms with Gasteiger partial charge >= 0.3 is 6.01 Å². The Hall–Kier alpha value is -2.19. The summed E-state index contributed by atoms with van der Waals surface area (Å²) in [4.78, 5) is 6.29. The molecule has 1 aliphatic heterocycles. The van der Waals surface area contributed by atoms with Crippen molar-refractivity contribution in [1.29, 1.82) is 0 Å². The lowest BCUT2D eigenvalue weighted by molar-refractivity contribution is 0.355. The summed E-state index contributed by atoms with van der Waals surface area (Å²) in [5.41, 5.74) is 0.858. The highest BCUT2D eigenvalue weighted by molar-refractivity contribution is 7.92. The van der Waals surface area contributed by atoms with Crippen LogP contribution in [0.4, 0.5) is 6.01 Å². The third-order valence-corrected chi connectivity index (χ3v) is 5.61. The molecule has 25 heavy (non-hydrogen) atoms. The number of aromatic nitrogens is 2. The van der Waals surface area contributed by atoms with E-state index >= 15 is 0 Å². The highest BCUT2D eigenvalue weighted by Gasteiger charge is 2.27. The molecular weight excluding hydrogens is 340 g/mol. The second-order valence-corrected chi connectivity index (χ2v) is 8.05. The van der Waals surface area contributed by atoms with Crippen molar-refractivity contribution in [2.45, 2.75) is 19.8 Å². The number of sulfonamides is 1. The molecule has 0 atom stereocenters. The van der Waals surface area contributed by atoms with Gasteiger partial charge < -0.3 is 9.42 Å². The molecule has 1 saturated heterocycles. The summed E-state index contributed by atoms with van der Waals surface area (Å²) < 4.78 is 31.7. The van der Waals surface area contributed by atoms with Crippen molar-refractivity contribution in [3.63, 3.8) is 0 Å². The summed E-state index contributed by atoms with van der Waals surface area (Å²) in [7, 11) is -3.44. The normalized spacial score (nSPS) is 16.8. The van der Waals surface area contributed by atoms with Crippen LogP contribution in [-0.2, 0) is 10.0 Å². The number of hydrogen-bond acceptors (Lipinski definition) is 6. The molecule has 3 rings (SSSR count). The molecule has 1 aromatic heterocycles. The summed E-state index contributed by atoms with van der Waals surface area (Å²) in [6.07, 6.45) is 1.62. The average molecular weight is 362 g/mol. The second kappa shape index (κ2) is 7.37. The molecule has 8 heteroatoms. The Bertz CT molecular complexity index is 823. The first-order chi connectivity index (χ1) is 12.0. The molecule has 1 aromatic carbocycles. The average Bonchev–Trinajstić information content (AvgIpc) is 3.12. The molecule has 0 saturated carbocycles. The van der Waals surface area contributed by atoms with Gasteiger partial charge in [0.25, 0.3) is 0 Å². The first-order valence-electron chi connectivity index (χ1n) is 8.27. The van der Waals surface area contributed by atoms with Crippen LogP contribution in [-0.4, -0.2) is 49.0 Å². The molecule has 0 radical (unpaired) electrons. The minimum Gasteiger partial charge on any atom is -0.322 e. The third kappa shape index (κ3) is 4.26. The first kappa shape index (κ1) is 17.6. The largest absolute Gasteiger partial charge is 0.324 e. The molecule has 134 valence electrons. The Balaban J connectivity index is 1.62. The third-order valence-electron chi connectivity index (χ3n) is 4.05. The second-order valence-electron chi connectivity index (χ2n) is 6.23. The molecule has 0 amide bonds. The lowest BCUT2D eigenvalue weighted by Gasteiger charge is -2.31. The van der Waals surface area contributed by atoms with Gasteiger partial charge in [0, 0.05) is 37.5 Å². The maximum atomic E-state index is 12.5. The van der Waals surface area contributed by atoms with E-state index in [-0.39, 0.29) is 5.92 Å². The van der Waals surface area contributed by atoms with Crippen LogP contribution in [0.3, 0.4) is 0 Å². The van der Waals surface area contributed by atoms with Crippen molar-refractivity contribution in [2.24, 2.45) is 0 Å². The van der Waals surface area contributed by atoms with Gasteiger partial charge in [-0.15, -0.1) is 0 Å². The Morgan fingerprint density at radius 3 is 2.40 bits per heavy atom. The first-order valence-corrected chi connectivity index (χ1v) is 9.78. The molecule has 0 bridgehead atoms. The van der Waals surface area contributed by atoms with Gasteiger partial charge in [0.1, 0.15) is 0 Å². The fourth-order valence-corrected chi connectivity index (χ4v) is 3.71. The maximum absolute atomic E-state index is 12.5. The van der Waals surface area contributed by atoms with Crippen molar-refractivity contribution in [1.82, 2.24) is 14.4 Å². The Morgan fingerprint density at radius 1 is 1.12 bits per heavy atom. The fraction of sp³-hybridized carbons (Fsp3) is 0.412. The Kier molecular flexibility index (Phi) is 5.19. The van der Waals surface area contributed by atoms with Crippen LogP contribution in [0.5, 0.6) is 0 Å². The van der Waals surface area contributed by atoms with Gasteiger partial charge in [-0.2, -0.15) is 9.29 Å². The number of benzene rings is 1. The zero-order valence-corrected chi connectivity index (χ0v) is 15.2. The Morgan fingerprint density at radius 2 is 1.80 bits per heavy atom. The van der Waals surface area contributed by atoms with Crippen molar-refractivity contribution in [2.75, 3.05) is 31.1 Å². The number of piperazine rings is 1. The zero-order chi connectivity index (χ0) is 17.9. The standard InChI is InChI=1S/C17H22N4O3S/c1-14(2)16-18-17(24-19-16)20-9-11-21(12-10-20)25(22,23)13-8-15-6-4-3-5-7-15/h3-8,13-14H,9-12H2,1-2H3/b13-8+. The molecule has 0 unspecified atom stereocenters. The highest BCUT2D eigenvalue weighted by Crippen LogP contribution is 2.19. The van der Waals surface area contributed by atoms with Crippen LogP contribution in [0.2, 0.25) is 0 Å². The summed E-state index contributed by atoms with van der Waals surface area (Å²) in [5, 5.41) is 5.22. The van der Waals surface area contributed by atoms with Crippen LogP contribution < -0.4 is 4.90 Å². The molecule has 2 aromatic rings. The SMILES string of the molecule is CC(C)c1noc(N2CCN(S(=O)(=O)/C=C/c3ccccc3)CC2)n1. The van der Waals surface area contributed by atoms with Gasteiger partial charge in [0.05, 0.1) is 0 Å². The Labute approximate surface area is 148 Å². The van der Waals surface area contributed by atoms with Gasteiger partial charge in [0.2, 0.25) is 10.0 Å². The van der Waals surface area contributed by atoms with E-state index in [9.17, 15) is 8.42 Å². The minimum absolute atomic E-state index is 0.197. The molecule has 2 heterocycles. The van der Waals surface area contributed by atoms with Crippen LogP contribution in [0, 0.1) is 0 Å². The van der Waals surface area contributed by atoms with Crippen molar-refractivity contribution < 1.29 is 12.9 Å². The lowest BCUT2D eigenvalue weighted by Crippen LogP contribution is -2.48. The predicted molar refractivity (Wildman–Crippen MR) is 96.6 cm³/mol. The lowest BCUT2D eigenvalue weighted by atomic mass is 10.2. The molecule has 1 aliphatic rings. The number of nitrogens with zero attached hydrogens (tertiary/aromatic N) is 4. The van der Waals surface area contributed by atoms with E-state index in [2.05, 4.69) is 10.1 Å². The molecule has 7 nitrogen and oxygen atoms in total. The minimum atomic E-state index is -3.44. The number of hydrogen-bond donors (Lipinski definition) is 0. The van der Waals surface area contributed by atoms with Gasteiger partial charge in [-0.25, -0.2) is 8.42 Å². The van der Waals surface area contributed by atoms with E-state index in [1.807, 2.05) is 49.1 Å². The summed E-state index contributed by atoms with van der Waals surface area (Å²) in [6.45, 7) is 5.83. The van der Waals surface area contributed by atoms with Crippen LogP contribution in [0.25, 0.3) is 6.08 Å². The van der Waals surface area contributed by atoms with E-state index < -0.39 is 10.0 Å². The molecule has 0 spiro atoms. The number of rotatable bonds is 5. The van der Waals surface area contributed by atoms with E-state index in [0.29, 0.717) is 38.0 Å². The predicted octanol–water partition coefficient (Wildman–Crippen LogP) is 2.32. The van der Waals surface area contributed by atoms with Crippen LogP contribution in [0.1, 0.15) is 31.2 Å². The maximum Gasteiger partial charge on any atom is 0.324 e. The van der Waals surface area contributed by atoms with Crippen molar-refractivity contribution in [3.8, 4) is 0 Å². The monoisotopic (exact) mass is 362 g/mol. The fourth-order valence-electron chi connectivity index (χ4n) is 2.54. The zero-order valence-electron chi connectivity index (χ0n) is 14.4. The van der Waals surface area contributed by atoms with E-state index in [1.54, 1.807) is 6.08 Å². The van der Waals surface area contributed by atoms with Crippen molar-refractivity contribution in [3.05, 3.63) is 47.1 Å². The number of anilines is 1. The quantitative estimate of drug-likeness (QED) is 0.812. The van der Waals surface area contributed by atoms with Gasteiger partial charge in [-0.1, -0.05) is 49.3 Å². The summed E-state index contributed by atoms with van der Waals surface area (Å²) in [5.74, 6) is 0.859. The molecular formula is C17H22N4O3S. The van der Waals surface area contributed by atoms with E-state index in [0.717, 1.165) is 5.56 Å². The van der Waals surface area contributed by atoms with Crippen molar-refractivity contribution >= 4 is 22.1 Å². The van der Waals surface area contributed by atoms with E-state index in [1.165, 1.54) is 9.71 Å². The smallest absolute Gasteiger partial charge is 0.322 e. The molecule has 1 fully saturated rings. The molecule has 0 N–H and O–H groups in total. The molecule has 0 aliphatic carbocycles. The van der Waals surface area contributed by atoms with Crippen LogP contribution >= 0.6 is 0 Å². The van der Waals surface area contributed by atoms with Gasteiger partial charge in [-0.3, -0.25) is 0 Å². The van der Waals surface area contributed by atoms with Crippen LogP contribution in [0.15, 0.2) is 40.3 Å². The summed E-state index contributed by atoms with van der Waals surface area (Å²) in [6, 6.07) is 9.84. The topological polar surface area (TPSA) is 79.5 Å². The summed E-state index contributed by atoms with van der Waals surface area (Å²) >= 11 is 0. The van der Waals surface area contributed by atoms with Gasteiger partial charge in [-0.05, 0) is 11.6 Å². The highest BCUT2D eigenvalue weighted by atomic mass is 32.2.